The number of benzene rings is 1. The second-order valence-corrected chi connectivity index (χ2v) is 9.74. The predicted octanol–water partition coefficient (Wildman–Crippen LogP) is 5.81. The number of para-hydroxylation sites is 1. The molecule has 0 fully saturated rings. The Labute approximate surface area is 168 Å². The number of nitrogens with zero attached hydrogens (tertiary/aromatic N) is 3. The number of halogens is 1. The summed E-state index contributed by atoms with van der Waals surface area (Å²) in [7, 11) is 10.7. The third-order valence-electron chi connectivity index (χ3n) is 4.70. The van der Waals surface area contributed by atoms with Gasteiger partial charge in [0.15, 0.2) is 0 Å². The van der Waals surface area contributed by atoms with Gasteiger partial charge >= 0.3 is 169 Å². The summed E-state index contributed by atoms with van der Waals surface area (Å²) >= 11 is -0.513. The van der Waals surface area contributed by atoms with Crippen molar-refractivity contribution in [1.29, 1.82) is 0 Å². The second kappa shape index (κ2) is 7.77. The number of fused-ring (bicyclic) bond motifs is 1. The summed E-state index contributed by atoms with van der Waals surface area (Å²) < 4.78 is 5.83. The van der Waals surface area contributed by atoms with Crippen LogP contribution < -0.4 is 4.90 Å². The van der Waals surface area contributed by atoms with Crippen LogP contribution in [-0.4, -0.2) is 23.1 Å². The molecule has 0 atom stereocenters. The first-order valence-corrected chi connectivity index (χ1v) is 12.7. The second-order valence-electron chi connectivity index (χ2n) is 7.42. The van der Waals surface area contributed by atoms with E-state index in [0.29, 0.717) is 11.8 Å². The third-order valence-corrected chi connectivity index (χ3v) is 6.91. The normalized spacial score (nSPS) is 13.2. The molecule has 0 unspecified atom stereocenters. The van der Waals surface area contributed by atoms with Gasteiger partial charge in [0.2, 0.25) is 0 Å². The Bertz CT molecular complexity index is 970. The summed E-state index contributed by atoms with van der Waals surface area (Å²) in [5, 5.41) is 0. The summed E-state index contributed by atoms with van der Waals surface area (Å²) in [6.07, 6.45) is 2.24. The van der Waals surface area contributed by atoms with Gasteiger partial charge in [-0.1, -0.05) is 0 Å². The van der Waals surface area contributed by atoms with Crippen LogP contribution in [0.2, 0.25) is 0 Å². The van der Waals surface area contributed by atoms with Crippen molar-refractivity contribution in [3.05, 3.63) is 57.4 Å². The molecular formula is C21H27AuClN3-2. The van der Waals surface area contributed by atoms with Crippen molar-refractivity contribution >= 4 is 20.5 Å². The molecule has 26 heavy (non-hydrogen) atoms. The zero-order valence-corrected chi connectivity index (χ0v) is 19.1. The fourth-order valence-corrected chi connectivity index (χ4v) is 5.58. The maximum atomic E-state index is 6.58. The molecule has 0 saturated heterocycles. The van der Waals surface area contributed by atoms with Crippen LogP contribution in [0.1, 0.15) is 50.7 Å². The number of aromatic nitrogens is 2. The van der Waals surface area contributed by atoms with E-state index in [1.165, 1.54) is 26.0 Å². The molecule has 0 aliphatic heterocycles. The van der Waals surface area contributed by atoms with Gasteiger partial charge in [0.1, 0.15) is 0 Å². The van der Waals surface area contributed by atoms with Crippen LogP contribution in [0.4, 0.5) is 5.82 Å². The Morgan fingerprint density at radius 1 is 0.923 bits per heavy atom. The number of imidazole rings is 1. The van der Waals surface area contributed by atoms with Gasteiger partial charge in [-0.05, 0) is 0 Å². The average Bonchev–Trinajstić information content (AvgIpc) is 2.98. The van der Waals surface area contributed by atoms with E-state index in [4.69, 9.17) is 9.19 Å². The van der Waals surface area contributed by atoms with Crippen molar-refractivity contribution in [1.82, 2.24) is 8.97 Å². The topological polar surface area (TPSA) is 12.6 Å². The summed E-state index contributed by atoms with van der Waals surface area (Å²) in [4.78, 5) is 2.15. The van der Waals surface area contributed by atoms with Gasteiger partial charge in [0.05, 0.1) is 0 Å². The predicted molar refractivity (Wildman–Crippen MR) is 108 cm³/mol. The molecular weight excluding hydrogens is 527 g/mol. The van der Waals surface area contributed by atoms with E-state index in [1.807, 2.05) is 0 Å². The van der Waals surface area contributed by atoms with Gasteiger partial charge in [0, 0.05) is 0 Å². The number of rotatable bonds is 4. The Morgan fingerprint density at radius 2 is 1.50 bits per heavy atom. The number of pyridine rings is 1. The molecule has 0 bridgehead atoms. The van der Waals surface area contributed by atoms with Crippen LogP contribution in [-0.2, 0) is 18.2 Å². The Morgan fingerprint density at radius 3 is 2.00 bits per heavy atom. The Balaban J connectivity index is 2.47. The van der Waals surface area contributed by atoms with Gasteiger partial charge in [-0.2, -0.15) is 0 Å². The van der Waals surface area contributed by atoms with Gasteiger partial charge < -0.3 is 0 Å². The van der Waals surface area contributed by atoms with Crippen LogP contribution in [0.25, 0.3) is 11.2 Å². The molecule has 3 rings (SSSR count). The van der Waals surface area contributed by atoms with E-state index < -0.39 is 18.2 Å². The number of hydrogen-bond donors (Lipinski definition) is 0. The minimum absolute atomic E-state index is 0.451. The van der Waals surface area contributed by atoms with Crippen molar-refractivity contribution in [2.24, 2.45) is 0 Å². The molecule has 0 aliphatic rings. The molecule has 3 aromatic rings. The van der Waals surface area contributed by atoms with Crippen LogP contribution in [0, 0.1) is 3.63 Å². The van der Waals surface area contributed by atoms with Gasteiger partial charge in [-0.25, -0.2) is 0 Å². The summed E-state index contributed by atoms with van der Waals surface area (Å²) in [5.41, 5.74) is 5.22. The van der Waals surface area contributed by atoms with E-state index >= 15 is 0 Å². The van der Waals surface area contributed by atoms with E-state index in [-0.39, 0.29) is 0 Å². The summed E-state index contributed by atoms with van der Waals surface area (Å²) in [6, 6.07) is 13.1. The van der Waals surface area contributed by atoms with E-state index in [0.717, 1.165) is 5.82 Å². The van der Waals surface area contributed by atoms with Crippen LogP contribution >= 0.6 is 9.19 Å². The molecule has 0 N–H and O–H groups in total. The van der Waals surface area contributed by atoms with Gasteiger partial charge in [-0.3, -0.25) is 0 Å². The van der Waals surface area contributed by atoms with Crippen LogP contribution in [0.5, 0.6) is 0 Å². The standard InChI is InChI=1S/C21H27N3.Au.ClH/c1-15(2)18-10-8-11-19(16(3)4)21(18)23-13-17-9-7-12-20(22(5)6)24(17)14-23;;/h7-13,15-16H,1-6H3;;1H/q;-1;/p-1. The van der Waals surface area contributed by atoms with E-state index in [9.17, 15) is 0 Å². The fraction of sp³-hybridized carbons (Fsp3) is 0.381. The monoisotopic (exact) mass is 553 g/mol. The summed E-state index contributed by atoms with van der Waals surface area (Å²) in [5.74, 6) is 2.06. The first kappa shape index (κ1) is 19.5. The van der Waals surface area contributed by atoms with Gasteiger partial charge in [-0.15, -0.1) is 0 Å². The molecule has 5 heteroatoms. The van der Waals surface area contributed by atoms with Crippen LogP contribution in [0.3, 0.4) is 0 Å². The molecule has 0 spiro atoms. The molecule has 0 amide bonds. The first-order valence-electron chi connectivity index (χ1n) is 8.92. The Kier molecular flexibility index (Phi) is 5.83. The molecule has 1 aromatic carbocycles. The first-order chi connectivity index (χ1) is 12.4. The Hall–Kier alpha value is -1.26. The molecule has 3 nitrogen and oxygen atoms in total. The zero-order valence-electron chi connectivity index (χ0n) is 16.2. The molecule has 2 aromatic heterocycles. The van der Waals surface area contributed by atoms with Gasteiger partial charge in [0.25, 0.3) is 0 Å². The van der Waals surface area contributed by atoms with Crippen LogP contribution in [0.15, 0.2) is 42.6 Å². The maximum absolute atomic E-state index is 6.58. The zero-order chi connectivity index (χ0) is 19.0. The van der Waals surface area contributed by atoms with Crippen molar-refractivity contribution in [2.45, 2.75) is 39.5 Å². The molecule has 2 heterocycles. The average molecular weight is 554 g/mol. The minimum atomic E-state index is -0.513. The molecule has 146 valence electrons. The van der Waals surface area contributed by atoms with Crippen molar-refractivity contribution < 1.29 is 18.2 Å². The molecule has 0 saturated carbocycles. The summed E-state index contributed by atoms with van der Waals surface area (Å²) in [6.45, 7) is 9.05. The van der Waals surface area contributed by atoms with Crippen molar-refractivity contribution in [3.63, 3.8) is 0 Å². The third kappa shape index (κ3) is 3.34. The molecule has 0 radical (unpaired) electrons. The van der Waals surface area contributed by atoms with E-state index in [2.05, 4.69) is 98.3 Å². The fourth-order valence-electron chi connectivity index (χ4n) is 3.43. The molecule has 0 aliphatic carbocycles. The SMILES string of the molecule is CC(C)c1cccc(C(C)C)c1-n1cc2cccc(N(C)C)n2[c]1=[Au-2][Cl]. The number of anilines is 1. The number of hydrogen-bond acceptors (Lipinski definition) is 1. The van der Waals surface area contributed by atoms with E-state index in [1.54, 1.807) is 0 Å². The van der Waals surface area contributed by atoms with Crippen molar-refractivity contribution in [2.75, 3.05) is 19.0 Å². The quantitative estimate of drug-likeness (QED) is 0.372. The van der Waals surface area contributed by atoms with Crippen molar-refractivity contribution in [3.8, 4) is 5.69 Å².